The number of hydrogen-bond acceptors (Lipinski definition) is 4. The maximum Gasteiger partial charge on any atom is 0.417 e. The van der Waals surface area contributed by atoms with Crippen LogP contribution in [0.3, 0.4) is 0 Å². The molecule has 0 unspecified atom stereocenters. The van der Waals surface area contributed by atoms with Crippen molar-refractivity contribution in [2.75, 3.05) is 31.1 Å². The van der Waals surface area contributed by atoms with Gasteiger partial charge in [-0.15, -0.1) is 0 Å². The number of carbonyl (C=O) groups is 1. The number of fused-ring (bicyclic) bond motifs is 1. The van der Waals surface area contributed by atoms with Crippen molar-refractivity contribution in [2.24, 2.45) is 0 Å². The zero-order valence-corrected chi connectivity index (χ0v) is 16.2. The molecule has 1 aromatic carbocycles. The third-order valence-electron chi connectivity index (χ3n) is 5.06. The molecule has 0 atom stereocenters. The van der Waals surface area contributed by atoms with Crippen LogP contribution in [0.4, 0.5) is 19.0 Å². The van der Waals surface area contributed by atoms with Crippen molar-refractivity contribution in [3.63, 3.8) is 0 Å². The van der Waals surface area contributed by atoms with Gasteiger partial charge in [-0.05, 0) is 37.3 Å². The zero-order valence-electron chi connectivity index (χ0n) is 15.5. The Hall–Kier alpha value is -2.74. The predicted octanol–water partition coefficient (Wildman–Crippen LogP) is 4.77. The topological polar surface area (TPSA) is 49.6 Å². The predicted molar refractivity (Wildman–Crippen MR) is 103 cm³/mol. The molecule has 1 aliphatic rings. The number of anilines is 1. The molecule has 29 heavy (non-hydrogen) atoms. The number of aryl methyl sites for hydroxylation is 1. The van der Waals surface area contributed by atoms with Gasteiger partial charge in [-0.25, -0.2) is 4.98 Å². The van der Waals surface area contributed by atoms with Crippen LogP contribution in [0.15, 0.2) is 40.9 Å². The fourth-order valence-corrected chi connectivity index (χ4v) is 3.59. The van der Waals surface area contributed by atoms with Gasteiger partial charge in [0.05, 0.1) is 5.56 Å². The number of piperazine rings is 1. The Labute approximate surface area is 169 Å². The van der Waals surface area contributed by atoms with Gasteiger partial charge in [-0.3, -0.25) is 4.79 Å². The van der Waals surface area contributed by atoms with E-state index < -0.39 is 11.7 Å². The molecule has 0 spiro atoms. The van der Waals surface area contributed by atoms with Gasteiger partial charge in [0.2, 0.25) is 0 Å². The van der Waals surface area contributed by atoms with Gasteiger partial charge in [0.1, 0.15) is 11.4 Å². The van der Waals surface area contributed by atoms with E-state index in [0.29, 0.717) is 42.6 Å². The molecular formula is C20H17ClF3N3O2. The van der Waals surface area contributed by atoms with Crippen molar-refractivity contribution in [1.29, 1.82) is 0 Å². The van der Waals surface area contributed by atoms with E-state index in [1.807, 2.05) is 11.8 Å². The molecule has 0 aliphatic carbocycles. The third kappa shape index (κ3) is 3.76. The van der Waals surface area contributed by atoms with Gasteiger partial charge in [0.15, 0.2) is 5.76 Å². The lowest BCUT2D eigenvalue weighted by atomic mass is 10.1. The van der Waals surface area contributed by atoms with Crippen LogP contribution >= 0.6 is 11.6 Å². The lowest BCUT2D eigenvalue weighted by molar-refractivity contribution is -0.137. The molecule has 0 radical (unpaired) electrons. The summed E-state index contributed by atoms with van der Waals surface area (Å²) in [5, 5.41) is 1.37. The van der Waals surface area contributed by atoms with Crippen molar-refractivity contribution >= 4 is 34.3 Å². The number of aromatic nitrogens is 1. The average molecular weight is 424 g/mol. The minimum Gasteiger partial charge on any atom is -0.451 e. The number of amides is 1. The van der Waals surface area contributed by atoms with E-state index in [-0.39, 0.29) is 11.7 Å². The second kappa shape index (κ2) is 7.26. The highest BCUT2D eigenvalue weighted by atomic mass is 35.5. The third-order valence-corrected chi connectivity index (χ3v) is 5.29. The second-order valence-corrected chi connectivity index (χ2v) is 7.32. The molecule has 0 saturated carbocycles. The molecule has 2 aromatic heterocycles. The molecule has 9 heteroatoms. The van der Waals surface area contributed by atoms with Crippen LogP contribution < -0.4 is 4.90 Å². The molecule has 1 amide bonds. The highest BCUT2D eigenvalue weighted by molar-refractivity contribution is 6.31. The summed E-state index contributed by atoms with van der Waals surface area (Å²) in [5.74, 6) is 0.526. The number of rotatable bonds is 2. The summed E-state index contributed by atoms with van der Waals surface area (Å²) in [4.78, 5) is 20.4. The summed E-state index contributed by atoms with van der Waals surface area (Å²) in [6.45, 7) is 3.58. The van der Waals surface area contributed by atoms with Crippen LogP contribution in [0, 0.1) is 6.92 Å². The van der Waals surface area contributed by atoms with Crippen molar-refractivity contribution in [1.82, 2.24) is 9.88 Å². The number of nitrogens with zero attached hydrogens (tertiary/aromatic N) is 3. The maximum atomic E-state index is 12.9. The van der Waals surface area contributed by atoms with Gasteiger partial charge < -0.3 is 14.2 Å². The summed E-state index contributed by atoms with van der Waals surface area (Å²) >= 11 is 6.03. The Morgan fingerprint density at radius 3 is 2.48 bits per heavy atom. The van der Waals surface area contributed by atoms with E-state index in [1.54, 1.807) is 23.1 Å². The Bertz CT molecular complexity index is 1060. The van der Waals surface area contributed by atoms with E-state index in [9.17, 15) is 18.0 Å². The molecule has 1 saturated heterocycles. The number of hydrogen-bond donors (Lipinski definition) is 0. The summed E-state index contributed by atoms with van der Waals surface area (Å²) in [6.07, 6.45) is -3.58. The molecule has 0 bridgehead atoms. The maximum absolute atomic E-state index is 12.9. The standard InChI is InChI=1S/C20H17ClF3N3O2/c1-12-15-10-14(21)3-4-16(15)29-18(12)19(28)27-8-6-26(7-9-27)17-5-2-13(11-25-17)20(22,23)24/h2-5,10-11H,6-9H2,1H3. The van der Waals surface area contributed by atoms with Gasteiger partial charge in [0.25, 0.3) is 5.91 Å². The van der Waals surface area contributed by atoms with Crippen LogP contribution in [0.25, 0.3) is 11.0 Å². The summed E-state index contributed by atoms with van der Waals surface area (Å²) in [6, 6.07) is 7.57. The number of benzene rings is 1. The molecule has 152 valence electrons. The molecule has 3 aromatic rings. The lowest BCUT2D eigenvalue weighted by Crippen LogP contribution is -2.49. The minimum absolute atomic E-state index is 0.213. The van der Waals surface area contributed by atoms with Crippen molar-refractivity contribution in [2.45, 2.75) is 13.1 Å². The molecule has 4 rings (SSSR count). The SMILES string of the molecule is Cc1c(C(=O)N2CCN(c3ccc(C(F)(F)F)cn3)CC2)oc2ccc(Cl)cc12. The minimum atomic E-state index is -4.41. The monoisotopic (exact) mass is 423 g/mol. The first kappa shape index (κ1) is 19.6. The first-order chi connectivity index (χ1) is 13.7. The lowest BCUT2D eigenvalue weighted by Gasteiger charge is -2.35. The van der Waals surface area contributed by atoms with E-state index in [2.05, 4.69) is 4.98 Å². The average Bonchev–Trinajstić information content (AvgIpc) is 3.03. The van der Waals surface area contributed by atoms with Crippen molar-refractivity contribution in [3.05, 3.63) is 58.4 Å². The number of pyridine rings is 1. The molecule has 3 heterocycles. The number of carbonyl (C=O) groups excluding carboxylic acids is 1. The van der Waals surface area contributed by atoms with E-state index in [0.717, 1.165) is 23.2 Å². The van der Waals surface area contributed by atoms with Crippen LogP contribution in [-0.2, 0) is 6.18 Å². The highest BCUT2D eigenvalue weighted by Crippen LogP contribution is 2.30. The molecule has 1 aliphatic heterocycles. The Morgan fingerprint density at radius 2 is 1.86 bits per heavy atom. The number of furan rings is 1. The molecular weight excluding hydrogens is 407 g/mol. The van der Waals surface area contributed by atoms with Crippen LogP contribution in [-0.4, -0.2) is 42.0 Å². The molecule has 1 fully saturated rings. The van der Waals surface area contributed by atoms with E-state index in [4.69, 9.17) is 16.0 Å². The quantitative estimate of drug-likeness (QED) is 0.595. The fourth-order valence-electron chi connectivity index (χ4n) is 3.42. The summed E-state index contributed by atoms with van der Waals surface area (Å²) in [5.41, 5.74) is 0.553. The molecule has 0 N–H and O–H groups in total. The van der Waals surface area contributed by atoms with Crippen molar-refractivity contribution < 1.29 is 22.4 Å². The van der Waals surface area contributed by atoms with Gasteiger partial charge in [0, 0.05) is 48.3 Å². The fraction of sp³-hybridized carbons (Fsp3) is 0.300. The van der Waals surface area contributed by atoms with Crippen LogP contribution in [0.5, 0.6) is 0 Å². The largest absolute Gasteiger partial charge is 0.451 e. The smallest absolute Gasteiger partial charge is 0.417 e. The van der Waals surface area contributed by atoms with Gasteiger partial charge in [-0.1, -0.05) is 11.6 Å². The molecule has 5 nitrogen and oxygen atoms in total. The van der Waals surface area contributed by atoms with E-state index >= 15 is 0 Å². The summed E-state index contributed by atoms with van der Waals surface area (Å²) in [7, 11) is 0. The van der Waals surface area contributed by atoms with Gasteiger partial charge in [-0.2, -0.15) is 13.2 Å². The zero-order chi connectivity index (χ0) is 20.8. The highest BCUT2D eigenvalue weighted by Gasteiger charge is 2.31. The Kier molecular flexibility index (Phi) is 4.90. The Morgan fingerprint density at radius 1 is 1.14 bits per heavy atom. The van der Waals surface area contributed by atoms with E-state index in [1.165, 1.54) is 6.07 Å². The normalized spacial score (nSPS) is 15.2. The van der Waals surface area contributed by atoms with Crippen LogP contribution in [0.1, 0.15) is 21.7 Å². The first-order valence-electron chi connectivity index (χ1n) is 9.00. The first-order valence-corrected chi connectivity index (χ1v) is 9.38. The Balaban J connectivity index is 1.46. The number of alkyl halides is 3. The number of halogens is 4. The van der Waals surface area contributed by atoms with Crippen LogP contribution in [0.2, 0.25) is 5.02 Å². The summed E-state index contributed by atoms with van der Waals surface area (Å²) < 4.78 is 43.8. The second-order valence-electron chi connectivity index (χ2n) is 6.88. The van der Waals surface area contributed by atoms with Crippen molar-refractivity contribution in [3.8, 4) is 0 Å². The van der Waals surface area contributed by atoms with Gasteiger partial charge >= 0.3 is 6.18 Å².